The van der Waals surface area contributed by atoms with E-state index in [0.29, 0.717) is 12.6 Å². The summed E-state index contributed by atoms with van der Waals surface area (Å²) in [5.74, 6) is 0. The number of hydrogen-bond acceptors (Lipinski definition) is 4. The lowest BCUT2D eigenvalue weighted by molar-refractivity contribution is 0.575. The van der Waals surface area contributed by atoms with Crippen LogP contribution in [0.15, 0.2) is 23.1 Å². The van der Waals surface area contributed by atoms with Crippen molar-refractivity contribution in [2.45, 2.75) is 23.8 Å². The molecule has 0 atom stereocenters. The summed E-state index contributed by atoms with van der Waals surface area (Å²) in [6.45, 7) is 0.864. The Hall–Kier alpha value is -1.13. The molecule has 1 aliphatic rings. The smallest absolute Gasteiger partial charge is 0.241 e. The van der Waals surface area contributed by atoms with Crippen LogP contribution < -0.4 is 10.0 Å². The molecule has 1 aromatic rings. The van der Waals surface area contributed by atoms with Gasteiger partial charge in [0.05, 0.1) is 5.56 Å². The lowest BCUT2D eigenvalue weighted by Gasteiger charge is -2.09. The standard InChI is InChI=1S/C12H14ClN3O2S/c13-10-2-1-9(8-14)12(7-10)19(17,18)16-6-5-15-11-3-4-11/h1-2,7,11,15-16H,3-6H2. The van der Waals surface area contributed by atoms with Crippen molar-refractivity contribution in [1.29, 1.82) is 5.26 Å². The molecule has 0 saturated heterocycles. The first-order chi connectivity index (χ1) is 9.03. The van der Waals surface area contributed by atoms with E-state index in [1.165, 1.54) is 18.2 Å². The molecule has 0 unspecified atom stereocenters. The van der Waals surface area contributed by atoms with E-state index in [-0.39, 0.29) is 22.0 Å². The van der Waals surface area contributed by atoms with Crippen LogP contribution in [0.4, 0.5) is 0 Å². The summed E-state index contributed by atoms with van der Waals surface area (Å²) in [6, 6.07) is 6.57. The molecule has 1 aliphatic carbocycles. The van der Waals surface area contributed by atoms with Gasteiger partial charge in [-0.2, -0.15) is 5.26 Å². The number of halogens is 1. The third-order valence-electron chi connectivity index (χ3n) is 2.78. The summed E-state index contributed by atoms with van der Waals surface area (Å²) in [4.78, 5) is -0.0751. The van der Waals surface area contributed by atoms with Crippen LogP contribution in [0.5, 0.6) is 0 Å². The molecule has 7 heteroatoms. The lowest BCUT2D eigenvalue weighted by Crippen LogP contribution is -2.33. The number of nitriles is 1. The molecule has 1 saturated carbocycles. The molecule has 0 aromatic heterocycles. The molecule has 0 aliphatic heterocycles. The van der Waals surface area contributed by atoms with E-state index in [9.17, 15) is 8.42 Å². The molecule has 2 rings (SSSR count). The van der Waals surface area contributed by atoms with Gasteiger partial charge in [0.1, 0.15) is 11.0 Å². The summed E-state index contributed by atoms with van der Waals surface area (Å²) < 4.78 is 26.6. The predicted molar refractivity (Wildman–Crippen MR) is 72.4 cm³/mol. The molecule has 0 radical (unpaired) electrons. The minimum absolute atomic E-state index is 0.0751. The van der Waals surface area contributed by atoms with Gasteiger partial charge in [0, 0.05) is 24.2 Å². The molecule has 1 fully saturated rings. The lowest BCUT2D eigenvalue weighted by atomic mass is 10.2. The average Bonchev–Trinajstić information content (AvgIpc) is 3.19. The maximum Gasteiger partial charge on any atom is 0.241 e. The van der Waals surface area contributed by atoms with Crippen LogP contribution >= 0.6 is 11.6 Å². The molecule has 19 heavy (non-hydrogen) atoms. The van der Waals surface area contributed by atoms with Crippen molar-refractivity contribution in [3.05, 3.63) is 28.8 Å². The topological polar surface area (TPSA) is 82.0 Å². The molecule has 0 amide bonds. The van der Waals surface area contributed by atoms with Gasteiger partial charge in [0.15, 0.2) is 0 Å². The summed E-state index contributed by atoms with van der Waals surface area (Å²) in [7, 11) is -3.70. The highest BCUT2D eigenvalue weighted by Crippen LogP contribution is 2.20. The summed E-state index contributed by atoms with van der Waals surface area (Å²) in [5.41, 5.74) is 0.0899. The number of nitrogens with zero attached hydrogens (tertiary/aromatic N) is 1. The minimum atomic E-state index is -3.70. The van der Waals surface area contributed by atoms with Crippen molar-refractivity contribution in [3.63, 3.8) is 0 Å². The Morgan fingerprint density at radius 1 is 1.37 bits per heavy atom. The van der Waals surface area contributed by atoms with Gasteiger partial charge in [-0.1, -0.05) is 11.6 Å². The van der Waals surface area contributed by atoms with Crippen molar-refractivity contribution in [2.24, 2.45) is 0 Å². The maximum atomic E-state index is 12.1. The van der Waals surface area contributed by atoms with E-state index in [0.717, 1.165) is 12.8 Å². The quantitative estimate of drug-likeness (QED) is 0.774. The Morgan fingerprint density at radius 2 is 2.11 bits per heavy atom. The van der Waals surface area contributed by atoms with E-state index in [1.807, 2.05) is 6.07 Å². The number of sulfonamides is 1. The van der Waals surface area contributed by atoms with Crippen LogP contribution in [-0.2, 0) is 10.0 Å². The summed E-state index contributed by atoms with van der Waals surface area (Å²) >= 11 is 5.78. The van der Waals surface area contributed by atoms with E-state index < -0.39 is 10.0 Å². The zero-order valence-electron chi connectivity index (χ0n) is 10.2. The Kier molecular flexibility index (Phi) is 4.42. The largest absolute Gasteiger partial charge is 0.313 e. The van der Waals surface area contributed by atoms with Gasteiger partial charge >= 0.3 is 0 Å². The zero-order valence-corrected chi connectivity index (χ0v) is 11.8. The Labute approximate surface area is 117 Å². The normalized spacial score (nSPS) is 15.2. The number of rotatable bonds is 6. The van der Waals surface area contributed by atoms with E-state index >= 15 is 0 Å². The average molecular weight is 300 g/mol. The van der Waals surface area contributed by atoms with Gasteiger partial charge in [0.25, 0.3) is 0 Å². The fraction of sp³-hybridized carbons (Fsp3) is 0.417. The second kappa shape index (κ2) is 5.88. The minimum Gasteiger partial charge on any atom is -0.313 e. The predicted octanol–water partition coefficient (Wildman–Crippen LogP) is 1.24. The van der Waals surface area contributed by atoms with Crippen LogP contribution in [0.25, 0.3) is 0 Å². The Bertz CT molecular complexity index is 606. The first-order valence-corrected chi connectivity index (χ1v) is 7.82. The first-order valence-electron chi connectivity index (χ1n) is 5.95. The SMILES string of the molecule is N#Cc1ccc(Cl)cc1S(=O)(=O)NCCNC1CC1. The molecule has 0 heterocycles. The molecule has 0 bridgehead atoms. The highest BCUT2D eigenvalue weighted by Gasteiger charge is 2.21. The van der Waals surface area contributed by atoms with Gasteiger partial charge in [0.2, 0.25) is 10.0 Å². The Morgan fingerprint density at radius 3 is 2.74 bits per heavy atom. The van der Waals surface area contributed by atoms with Crippen LogP contribution in [-0.4, -0.2) is 27.5 Å². The fourth-order valence-corrected chi connectivity index (χ4v) is 3.09. The third-order valence-corrected chi connectivity index (χ3v) is 4.52. The van der Waals surface area contributed by atoms with Crippen molar-refractivity contribution < 1.29 is 8.42 Å². The van der Waals surface area contributed by atoms with Crippen molar-refractivity contribution >= 4 is 21.6 Å². The van der Waals surface area contributed by atoms with E-state index in [2.05, 4.69) is 10.0 Å². The van der Waals surface area contributed by atoms with E-state index in [4.69, 9.17) is 16.9 Å². The second-order valence-corrected chi connectivity index (χ2v) is 6.55. The maximum absolute atomic E-state index is 12.1. The zero-order chi connectivity index (χ0) is 13.9. The van der Waals surface area contributed by atoms with E-state index in [1.54, 1.807) is 0 Å². The molecule has 0 spiro atoms. The second-order valence-electron chi connectivity index (χ2n) is 4.38. The van der Waals surface area contributed by atoms with Crippen LogP contribution in [0.1, 0.15) is 18.4 Å². The van der Waals surface area contributed by atoms with Gasteiger partial charge in [-0.25, -0.2) is 13.1 Å². The van der Waals surface area contributed by atoms with Crippen molar-refractivity contribution in [3.8, 4) is 6.07 Å². The molecular formula is C12H14ClN3O2S. The van der Waals surface area contributed by atoms with Gasteiger partial charge in [-0.15, -0.1) is 0 Å². The molecule has 1 aromatic carbocycles. The third kappa shape index (κ3) is 3.91. The summed E-state index contributed by atoms with van der Waals surface area (Å²) in [6.07, 6.45) is 2.30. The van der Waals surface area contributed by atoms with Crippen molar-refractivity contribution in [1.82, 2.24) is 10.0 Å². The summed E-state index contributed by atoms with van der Waals surface area (Å²) in [5, 5.41) is 12.4. The molecule has 102 valence electrons. The number of nitrogens with one attached hydrogen (secondary N) is 2. The van der Waals surface area contributed by atoms with Gasteiger partial charge < -0.3 is 5.32 Å². The number of hydrogen-bond donors (Lipinski definition) is 2. The van der Waals surface area contributed by atoms with Crippen LogP contribution in [0.2, 0.25) is 5.02 Å². The monoisotopic (exact) mass is 299 g/mol. The molecule has 5 nitrogen and oxygen atoms in total. The Balaban J connectivity index is 2.05. The highest BCUT2D eigenvalue weighted by molar-refractivity contribution is 7.89. The molecule has 2 N–H and O–H groups in total. The fourth-order valence-electron chi connectivity index (χ4n) is 1.64. The number of benzene rings is 1. The van der Waals surface area contributed by atoms with Crippen LogP contribution in [0, 0.1) is 11.3 Å². The highest BCUT2D eigenvalue weighted by atomic mass is 35.5. The van der Waals surface area contributed by atoms with Crippen LogP contribution in [0.3, 0.4) is 0 Å². The molecular weight excluding hydrogens is 286 g/mol. The van der Waals surface area contributed by atoms with Crippen molar-refractivity contribution in [2.75, 3.05) is 13.1 Å². The van der Waals surface area contributed by atoms with Gasteiger partial charge in [-0.3, -0.25) is 0 Å². The first kappa shape index (κ1) is 14.3. The van der Waals surface area contributed by atoms with Gasteiger partial charge in [-0.05, 0) is 31.0 Å².